The Hall–Kier alpha value is -0.0400. The van der Waals surface area contributed by atoms with Crippen LogP contribution in [0.15, 0.2) is 0 Å². The summed E-state index contributed by atoms with van der Waals surface area (Å²) in [4.78, 5) is 0. The molecule has 0 bridgehead atoms. The van der Waals surface area contributed by atoms with Gasteiger partial charge in [0.25, 0.3) is 0 Å². The van der Waals surface area contributed by atoms with E-state index in [0.717, 1.165) is 0 Å². The third-order valence-electron chi connectivity index (χ3n) is 5.96. The van der Waals surface area contributed by atoms with E-state index in [1.165, 1.54) is 128 Å². The van der Waals surface area contributed by atoms with Crippen LogP contribution in [0.2, 0.25) is 0 Å². The molecule has 0 aliphatic carbocycles. The van der Waals surface area contributed by atoms with Gasteiger partial charge in [0.05, 0.1) is 0 Å². The summed E-state index contributed by atoms with van der Waals surface area (Å²) in [6.07, 6.45) is 28.3. The summed E-state index contributed by atoms with van der Waals surface area (Å²) in [6, 6.07) is 1.14. The van der Waals surface area contributed by atoms with Gasteiger partial charge in [-0.3, -0.25) is 0 Å². The van der Waals surface area contributed by atoms with Crippen molar-refractivity contribution in [1.29, 1.82) is 0 Å². The highest BCUT2D eigenvalue weighted by molar-refractivity contribution is 4.67. The molecular weight excluding hydrogens is 326 g/mol. The summed E-state index contributed by atoms with van der Waals surface area (Å²) in [7, 11) is 0. The second-order valence-electron chi connectivity index (χ2n) is 9.08. The van der Waals surface area contributed by atoms with Gasteiger partial charge in [0, 0.05) is 12.1 Å². The molecule has 1 heteroatoms. The molecule has 27 heavy (non-hydrogen) atoms. The van der Waals surface area contributed by atoms with E-state index in [1.54, 1.807) is 0 Å². The van der Waals surface area contributed by atoms with E-state index in [9.17, 15) is 0 Å². The molecule has 1 nitrogen and oxygen atoms in total. The Balaban J connectivity index is 3.30. The molecule has 0 spiro atoms. The summed E-state index contributed by atoms with van der Waals surface area (Å²) < 4.78 is 0. The Bertz CT molecular complexity index is 237. The van der Waals surface area contributed by atoms with Crippen LogP contribution >= 0.6 is 0 Å². The maximum absolute atomic E-state index is 5.01. The number of hydrogen-bond donors (Lipinski definition) is 0. The van der Waals surface area contributed by atoms with E-state index >= 15 is 0 Å². The summed E-state index contributed by atoms with van der Waals surface area (Å²) in [5, 5.41) is 5.01. The van der Waals surface area contributed by atoms with E-state index < -0.39 is 0 Å². The topological polar surface area (TPSA) is 14.1 Å². The van der Waals surface area contributed by atoms with E-state index in [-0.39, 0.29) is 0 Å². The lowest BCUT2D eigenvalue weighted by Crippen LogP contribution is -2.27. The molecule has 163 valence electrons. The highest BCUT2D eigenvalue weighted by Gasteiger charge is 2.08. The first-order valence-electron chi connectivity index (χ1n) is 12.9. The predicted molar refractivity (Wildman–Crippen MR) is 125 cm³/mol. The van der Waals surface area contributed by atoms with Crippen LogP contribution in [-0.4, -0.2) is 12.1 Å². The Labute approximate surface area is 173 Å². The second-order valence-corrected chi connectivity index (χ2v) is 9.08. The van der Waals surface area contributed by atoms with Gasteiger partial charge in [-0.2, -0.15) is 0 Å². The van der Waals surface area contributed by atoms with Crippen molar-refractivity contribution >= 4 is 0 Å². The molecule has 0 aliphatic rings. The van der Waals surface area contributed by atoms with Crippen LogP contribution in [0.25, 0.3) is 0 Å². The molecule has 2 atom stereocenters. The fraction of sp³-hybridized carbons (Fsp3) is 1.00. The zero-order valence-electron chi connectivity index (χ0n) is 19.7. The van der Waals surface area contributed by atoms with Gasteiger partial charge in [0.1, 0.15) is 0 Å². The van der Waals surface area contributed by atoms with Gasteiger partial charge in [0.15, 0.2) is 0 Å². The molecule has 0 aromatic rings. The molecule has 0 heterocycles. The quantitative estimate of drug-likeness (QED) is 0.166. The van der Waals surface area contributed by atoms with Crippen molar-refractivity contribution in [2.45, 2.75) is 168 Å². The van der Waals surface area contributed by atoms with Crippen molar-refractivity contribution in [3.63, 3.8) is 0 Å². The van der Waals surface area contributed by atoms with Gasteiger partial charge >= 0.3 is 0 Å². The SMILES string of the molecule is CCCCCCCCCCCC(C)[N]C(C)CCCCCCCCCCC. The van der Waals surface area contributed by atoms with Crippen LogP contribution in [-0.2, 0) is 0 Å². The average Bonchev–Trinajstić information content (AvgIpc) is 2.65. The Morgan fingerprint density at radius 3 is 0.963 bits per heavy atom. The molecule has 0 aromatic heterocycles. The lowest BCUT2D eigenvalue weighted by molar-refractivity contribution is 0.393. The fourth-order valence-electron chi connectivity index (χ4n) is 4.08. The predicted octanol–water partition coefficient (Wildman–Crippen LogP) is 9.21. The lowest BCUT2D eigenvalue weighted by atomic mass is 10.0. The van der Waals surface area contributed by atoms with E-state index in [1.807, 2.05) is 0 Å². The van der Waals surface area contributed by atoms with Crippen molar-refractivity contribution in [3.8, 4) is 0 Å². The molecule has 0 rings (SSSR count). The number of rotatable bonds is 22. The van der Waals surface area contributed by atoms with Gasteiger partial charge in [-0.1, -0.05) is 129 Å². The molecule has 0 amide bonds. The standard InChI is InChI=1S/C26H54N/c1-5-7-9-11-13-15-17-19-21-23-25(3)27-26(4)24-22-20-18-16-14-12-10-8-6-2/h25-26H,5-24H2,1-4H3. The molecule has 0 N–H and O–H groups in total. The van der Waals surface area contributed by atoms with Crippen LogP contribution in [0.1, 0.15) is 156 Å². The molecule has 0 fully saturated rings. The first-order valence-corrected chi connectivity index (χ1v) is 12.9. The highest BCUT2D eigenvalue weighted by Crippen LogP contribution is 2.14. The molecular formula is C26H54N. The zero-order valence-corrected chi connectivity index (χ0v) is 19.7. The normalized spacial score (nSPS) is 13.8. The largest absolute Gasteiger partial charge is 0.236 e. The van der Waals surface area contributed by atoms with Crippen molar-refractivity contribution in [3.05, 3.63) is 0 Å². The number of unbranched alkanes of at least 4 members (excludes halogenated alkanes) is 16. The van der Waals surface area contributed by atoms with Crippen molar-refractivity contribution in [2.75, 3.05) is 0 Å². The van der Waals surface area contributed by atoms with Crippen LogP contribution < -0.4 is 5.32 Å². The second kappa shape index (κ2) is 22.3. The van der Waals surface area contributed by atoms with Crippen LogP contribution in [0.5, 0.6) is 0 Å². The first kappa shape index (κ1) is 27.0. The van der Waals surface area contributed by atoms with Crippen LogP contribution in [0, 0.1) is 0 Å². The monoisotopic (exact) mass is 380 g/mol. The lowest BCUT2D eigenvalue weighted by Gasteiger charge is -2.17. The van der Waals surface area contributed by atoms with Gasteiger partial charge in [-0.05, 0) is 26.7 Å². The minimum Gasteiger partial charge on any atom is -0.236 e. The highest BCUT2D eigenvalue weighted by atomic mass is 14.9. The van der Waals surface area contributed by atoms with Crippen LogP contribution in [0.4, 0.5) is 0 Å². The minimum atomic E-state index is 0.572. The van der Waals surface area contributed by atoms with Gasteiger partial charge in [-0.25, -0.2) is 5.32 Å². The van der Waals surface area contributed by atoms with Crippen molar-refractivity contribution in [1.82, 2.24) is 5.32 Å². The molecule has 2 unspecified atom stereocenters. The number of nitrogens with zero attached hydrogens (tertiary/aromatic N) is 1. The Morgan fingerprint density at radius 2 is 0.667 bits per heavy atom. The maximum Gasteiger partial charge on any atom is 0.0220 e. The zero-order chi connectivity index (χ0) is 20.0. The molecule has 1 radical (unpaired) electrons. The fourth-order valence-corrected chi connectivity index (χ4v) is 4.08. The molecule has 0 saturated carbocycles. The van der Waals surface area contributed by atoms with Crippen molar-refractivity contribution in [2.24, 2.45) is 0 Å². The van der Waals surface area contributed by atoms with Gasteiger partial charge in [-0.15, -0.1) is 0 Å². The third kappa shape index (κ3) is 22.1. The van der Waals surface area contributed by atoms with Crippen LogP contribution in [0.3, 0.4) is 0 Å². The van der Waals surface area contributed by atoms with E-state index in [0.29, 0.717) is 12.1 Å². The Kier molecular flexibility index (Phi) is 22.2. The maximum atomic E-state index is 5.01. The number of hydrogen-bond acceptors (Lipinski definition) is 0. The molecule has 0 saturated heterocycles. The summed E-state index contributed by atoms with van der Waals surface area (Å²) in [6.45, 7) is 9.25. The van der Waals surface area contributed by atoms with E-state index in [2.05, 4.69) is 27.7 Å². The van der Waals surface area contributed by atoms with Gasteiger partial charge < -0.3 is 0 Å². The average molecular weight is 381 g/mol. The van der Waals surface area contributed by atoms with Gasteiger partial charge in [0.2, 0.25) is 0 Å². The summed E-state index contributed by atoms with van der Waals surface area (Å²) in [5.74, 6) is 0. The smallest absolute Gasteiger partial charge is 0.0220 e. The first-order chi connectivity index (χ1) is 13.2. The summed E-state index contributed by atoms with van der Waals surface area (Å²) >= 11 is 0. The van der Waals surface area contributed by atoms with Crippen molar-refractivity contribution < 1.29 is 0 Å². The molecule has 0 aliphatic heterocycles. The minimum absolute atomic E-state index is 0.572. The van der Waals surface area contributed by atoms with E-state index in [4.69, 9.17) is 5.32 Å². The molecule has 0 aromatic carbocycles. The third-order valence-corrected chi connectivity index (χ3v) is 5.96. The Morgan fingerprint density at radius 1 is 0.407 bits per heavy atom. The summed E-state index contributed by atoms with van der Waals surface area (Å²) in [5.41, 5.74) is 0.